The molecule has 1 aliphatic rings. The molecule has 2 heteroatoms. The maximum absolute atomic E-state index is 3.57. The highest BCUT2D eigenvalue weighted by molar-refractivity contribution is 9.10. The largest absolute Gasteiger partial charge is 0.298 e. The molecule has 1 nitrogen and oxygen atoms in total. The highest BCUT2D eigenvalue weighted by Crippen LogP contribution is 2.25. The van der Waals surface area contributed by atoms with Gasteiger partial charge in [0, 0.05) is 17.6 Å². The Labute approximate surface area is 117 Å². The average Bonchev–Trinajstić information content (AvgIpc) is 2.32. The molecule has 0 bridgehead atoms. The molecule has 0 fully saturated rings. The van der Waals surface area contributed by atoms with Crippen molar-refractivity contribution in [3.05, 3.63) is 69.2 Å². The first-order chi connectivity index (χ1) is 8.72. The molecule has 92 valence electrons. The van der Waals surface area contributed by atoms with Crippen LogP contribution < -0.4 is 0 Å². The van der Waals surface area contributed by atoms with Gasteiger partial charge >= 0.3 is 0 Å². The van der Waals surface area contributed by atoms with Gasteiger partial charge in [-0.3, -0.25) is 4.90 Å². The molecule has 0 amide bonds. The Morgan fingerprint density at radius 3 is 2.39 bits per heavy atom. The van der Waals surface area contributed by atoms with Crippen molar-refractivity contribution in [2.24, 2.45) is 0 Å². The first kappa shape index (κ1) is 11.9. The SMILES string of the molecule is CN1Cc2ccccc2Cc2ccc(Br)cc2C1. The minimum Gasteiger partial charge on any atom is -0.298 e. The fourth-order valence-corrected chi connectivity index (χ4v) is 3.05. The minimum atomic E-state index is 1.02. The second-order valence-corrected chi connectivity index (χ2v) is 5.95. The summed E-state index contributed by atoms with van der Waals surface area (Å²) in [6.45, 7) is 2.05. The van der Waals surface area contributed by atoms with Crippen LogP contribution in [0.15, 0.2) is 46.9 Å². The fraction of sp³-hybridized carbons (Fsp3) is 0.250. The van der Waals surface area contributed by atoms with E-state index in [9.17, 15) is 0 Å². The second-order valence-electron chi connectivity index (χ2n) is 5.03. The molecule has 18 heavy (non-hydrogen) atoms. The van der Waals surface area contributed by atoms with E-state index >= 15 is 0 Å². The van der Waals surface area contributed by atoms with Crippen molar-refractivity contribution in [2.75, 3.05) is 7.05 Å². The maximum atomic E-state index is 3.57. The van der Waals surface area contributed by atoms with Crippen LogP contribution in [0.1, 0.15) is 22.3 Å². The van der Waals surface area contributed by atoms with Gasteiger partial charge in [-0.1, -0.05) is 46.3 Å². The lowest BCUT2D eigenvalue weighted by molar-refractivity contribution is 0.315. The summed E-state index contributed by atoms with van der Waals surface area (Å²) < 4.78 is 1.17. The van der Waals surface area contributed by atoms with E-state index in [1.807, 2.05) is 0 Å². The van der Waals surface area contributed by atoms with Gasteiger partial charge in [-0.2, -0.15) is 0 Å². The zero-order valence-corrected chi connectivity index (χ0v) is 12.1. The molecule has 1 heterocycles. The number of halogens is 1. The third-order valence-corrected chi connectivity index (χ3v) is 4.04. The van der Waals surface area contributed by atoms with Crippen LogP contribution in [-0.4, -0.2) is 11.9 Å². The number of fused-ring (bicyclic) bond motifs is 2. The predicted molar refractivity (Wildman–Crippen MR) is 78.6 cm³/mol. The van der Waals surface area contributed by atoms with Crippen molar-refractivity contribution >= 4 is 15.9 Å². The molecule has 2 aromatic carbocycles. The second kappa shape index (κ2) is 4.87. The molecule has 3 rings (SSSR count). The molecule has 0 unspecified atom stereocenters. The van der Waals surface area contributed by atoms with Crippen LogP contribution in [0, 0.1) is 0 Å². The van der Waals surface area contributed by atoms with Gasteiger partial charge in [0.2, 0.25) is 0 Å². The van der Waals surface area contributed by atoms with Gasteiger partial charge in [-0.25, -0.2) is 0 Å². The Morgan fingerprint density at radius 1 is 0.889 bits per heavy atom. The quantitative estimate of drug-likeness (QED) is 0.711. The van der Waals surface area contributed by atoms with E-state index in [0.29, 0.717) is 0 Å². The summed E-state index contributed by atoms with van der Waals surface area (Å²) in [5.41, 5.74) is 5.78. The van der Waals surface area contributed by atoms with Crippen molar-refractivity contribution in [1.29, 1.82) is 0 Å². The van der Waals surface area contributed by atoms with Gasteiger partial charge in [0.05, 0.1) is 0 Å². The van der Waals surface area contributed by atoms with Gasteiger partial charge in [-0.05, 0) is 47.9 Å². The van der Waals surface area contributed by atoms with Gasteiger partial charge in [-0.15, -0.1) is 0 Å². The predicted octanol–water partition coefficient (Wildman–Crippen LogP) is 3.99. The Hall–Kier alpha value is -1.12. The Bertz CT molecular complexity index is 577. The van der Waals surface area contributed by atoms with Crippen LogP contribution in [0.2, 0.25) is 0 Å². The van der Waals surface area contributed by atoms with Gasteiger partial charge in [0.25, 0.3) is 0 Å². The van der Waals surface area contributed by atoms with Gasteiger partial charge in [0.1, 0.15) is 0 Å². The summed E-state index contributed by atoms with van der Waals surface area (Å²) in [4.78, 5) is 2.38. The van der Waals surface area contributed by atoms with Crippen LogP contribution in [0.3, 0.4) is 0 Å². The van der Waals surface area contributed by atoms with Gasteiger partial charge < -0.3 is 0 Å². The molecule has 0 radical (unpaired) electrons. The third-order valence-electron chi connectivity index (χ3n) is 3.55. The van der Waals surface area contributed by atoms with E-state index in [4.69, 9.17) is 0 Å². The average molecular weight is 302 g/mol. The topological polar surface area (TPSA) is 3.24 Å². The van der Waals surface area contributed by atoms with Crippen LogP contribution in [0.4, 0.5) is 0 Å². The molecular weight excluding hydrogens is 286 g/mol. The van der Waals surface area contributed by atoms with E-state index < -0.39 is 0 Å². The summed E-state index contributed by atoms with van der Waals surface area (Å²) in [5.74, 6) is 0. The van der Waals surface area contributed by atoms with E-state index in [1.165, 1.54) is 26.7 Å². The molecule has 0 aromatic heterocycles. The molecule has 0 aliphatic carbocycles. The third kappa shape index (κ3) is 2.36. The lowest BCUT2D eigenvalue weighted by atomic mass is 9.94. The number of benzene rings is 2. The minimum absolute atomic E-state index is 1.02. The summed E-state index contributed by atoms with van der Waals surface area (Å²) in [6, 6.07) is 15.4. The summed E-state index contributed by atoms with van der Waals surface area (Å²) in [6.07, 6.45) is 1.05. The van der Waals surface area contributed by atoms with Crippen LogP contribution >= 0.6 is 15.9 Å². The fourth-order valence-electron chi connectivity index (χ4n) is 2.64. The molecule has 1 aliphatic heterocycles. The normalized spacial score (nSPS) is 15.4. The first-order valence-corrected chi connectivity index (χ1v) is 7.04. The van der Waals surface area contributed by atoms with Crippen molar-refractivity contribution in [3.63, 3.8) is 0 Å². The lowest BCUT2D eigenvalue weighted by Crippen LogP contribution is -2.21. The van der Waals surface area contributed by atoms with Crippen molar-refractivity contribution in [2.45, 2.75) is 19.5 Å². The number of rotatable bonds is 0. The lowest BCUT2D eigenvalue weighted by Gasteiger charge is -2.24. The Kier molecular flexibility index (Phi) is 3.23. The van der Waals surface area contributed by atoms with E-state index in [2.05, 4.69) is 70.3 Å². The van der Waals surface area contributed by atoms with Gasteiger partial charge in [0.15, 0.2) is 0 Å². The molecule has 0 N–H and O–H groups in total. The van der Waals surface area contributed by atoms with Crippen molar-refractivity contribution in [3.8, 4) is 0 Å². The molecule has 2 aromatic rings. The number of hydrogen-bond acceptors (Lipinski definition) is 1. The molecular formula is C16H16BrN. The van der Waals surface area contributed by atoms with Crippen LogP contribution in [0.5, 0.6) is 0 Å². The summed E-state index contributed by atoms with van der Waals surface area (Å²) >= 11 is 3.57. The molecule has 0 atom stereocenters. The smallest absolute Gasteiger partial charge is 0.0237 e. The molecule has 0 saturated heterocycles. The van der Waals surface area contributed by atoms with Crippen LogP contribution in [-0.2, 0) is 19.5 Å². The highest BCUT2D eigenvalue weighted by Gasteiger charge is 2.14. The van der Waals surface area contributed by atoms with E-state index in [-0.39, 0.29) is 0 Å². The number of nitrogens with zero attached hydrogens (tertiary/aromatic N) is 1. The highest BCUT2D eigenvalue weighted by atomic mass is 79.9. The zero-order valence-electron chi connectivity index (χ0n) is 10.5. The summed E-state index contributed by atoms with van der Waals surface area (Å²) in [5, 5.41) is 0. The molecule has 0 saturated carbocycles. The first-order valence-electron chi connectivity index (χ1n) is 6.25. The van der Waals surface area contributed by atoms with E-state index in [1.54, 1.807) is 0 Å². The number of hydrogen-bond donors (Lipinski definition) is 0. The zero-order chi connectivity index (χ0) is 12.5. The maximum Gasteiger partial charge on any atom is 0.0237 e. The Balaban J connectivity index is 2.09. The molecule has 0 spiro atoms. The van der Waals surface area contributed by atoms with Crippen molar-refractivity contribution < 1.29 is 0 Å². The monoisotopic (exact) mass is 301 g/mol. The standard InChI is InChI=1S/C16H16BrN/c1-18-10-14-5-3-2-4-12(14)8-13-6-7-16(17)9-15(13)11-18/h2-7,9H,8,10-11H2,1H3. The Morgan fingerprint density at radius 2 is 1.56 bits per heavy atom. The van der Waals surface area contributed by atoms with E-state index in [0.717, 1.165) is 19.5 Å². The van der Waals surface area contributed by atoms with Crippen molar-refractivity contribution in [1.82, 2.24) is 4.90 Å². The summed E-state index contributed by atoms with van der Waals surface area (Å²) in [7, 11) is 2.19. The van der Waals surface area contributed by atoms with Crippen LogP contribution in [0.25, 0.3) is 0 Å².